The molecular formula is C19H27NO4. The molecule has 0 aliphatic carbocycles. The number of carbonyl (C=O) groups is 2. The molecule has 0 radical (unpaired) electrons. The molecular weight excluding hydrogens is 306 g/mol. The largest absolute Gasteiger partial charge is 0.460 e. The van der Waals surface area contributed by atoms with Crippen molar-refractivity contribution in [2.75, 3.05) is 6.54 Å². The van der Waals surface area contributed by atoms with Crippen molar-refractivity contribution in [1.82, 2.24) is 4.90 Å². The van der Waals surface area contributed by atoms with E-state index in [4.69, 9.17) is 9.47 Å². The second-order valence-electron chi connectivity index (χ2n) is 7.26. The number of carbonyl (C=O) groups excluding carboxylic acids is 2. The van der Waals surface area contributed by atoms with Gasteiger partial charge in [0.1, 0.15) is 12.2 Å². The van der Waals surface area contributed by atoms with Gasteiger partial charge in [-0.1, -0.05) is 30.3 Å². The van der Waals surface area contributed by atoms with Crippen LogP contribution >= 0.6 is 0 Å². The first-order valence-corrected chi connectivity index (χ1v) is 8.48. The van der Waals surface area contributed by atoms with Crippen LogP contribution < -0.4 is 0 Å². The fourth-order valence-corrected chi connectivity index (χ4v) is 2.90. The lowest BCUT2D eigenvalue weighted by Crippen LogP contribution is -2.50. The maximum atomic E-state index is 12.4. The predicted molar refractivity (Wildman–Crippen MR) is 91.4 cm³/mol. The predicted octanol–water partition coefficient (Wildman–Crippen LogP) is 3.77. The van der Waals surface area contributed by atoms with E-state index in [9.17, 15) is 9.59 Å². The van der Waals surface area contributed by atoms with Gasteiger partial charge in [-0.05, 0) is 46.1 Å². The first kappa shape index (κ1) is 18.3. The maximum Gasteiger partial charge on any atom is 0.410 e. The highest BCUT2D eigenvalue weighted by Crippen LogP contribution is 2.27. The molecule has 0 aromatic heterocycles. The standard InChI is InChI=1S/C19H27NO4/c1-14-16(17(21)24-19(2,3)4)11-8-12-20(14)18(22)23-13-15-9-6-5-7-10-15/h5-7,9-10,14,16H,8,11-13H2,1-4H3/t14-,16+/m0/s1. The Morgan fingerprint density at radius 2 is 1.88 bits per heavy atom. The topological polar surface area (TPSA) is 55.8 Å². The molecule has 2 atom stereocenters. The molecule has 0 bridgehead atoms. The van der Waals surface area contributed by atoms with Gasteiger partial charge in [0, 0.05) is 12.6 Å². The second-order valence-corrected chi connectivity index (χ2v) is 7.26. The van der Waals surface area contributed by atoms with Crippen LogP contribution in [0.2, 0.25) is 0 Å². The number of benzene rings is 1. The number of piperidine rings is 1. The van der Waals surface area contributed by atoms with E-state index in [0.29, 0.717) is 6.54 Å². The van der Waals surface area contributed by atoms with Crippen molar-refractivity contribution in [1.29, 1.82) is 0 Å². The van der Waals surface area contributed by atoms with E-state index in [0.717, 1.165) is 18.4 Å². The van der Waals surface area contributed by atoms with Crippen molar-refractivity contribution >= 4 is 12.1 Å². The molecule has 2 rings (SSSR count). The molecule has 0 spiro atoms. The molecule has 1 aliphatic heterocycles. The molecule has 1 amide bonds. The quantitative estimate of drug-likeness (QED) is 0.790. The molecule has 1 fully saturated rings. The lowest BCUT2D eigenvalue weighted by atomic mass is 9.90. The number of hydrogen-bond acceptors (Lipinski definition) is 4. The summed E-state index contributed by atoms with van der Waals surface area (Å²) in [6.45, 7) is 8.28. The molecule has 0 saturated carbocycles. The van der Waals surface area contributed by atoms with Crippen molar-refractivity contribution in [3.63, 3.8) is 0 Å². The zero-order chi connectivity index (χ0) is 17.7. The average Bonchev–Trinajstić information content (AvgIpc) is 2.52. The summed E-state index contributed by atoms with van der Waals surface area (Å²) in [4.78, 5) is 26.4. The minimum atomic E-state index is -0.521. The third-order valence-corrected chi connectivity index (χ3v) is 4.14. The Bertz CT molecular complexity index is 564. The van der Waals surface area contributed by atoms with Crippen molar-refractivity contribution in [2.45, 2.75) is 58.8 Å². The fraction of sp³-hybridized carbons (Fsp3) is 0.579. The second kappa shape index (κ2) is 7.69. The van der Waals surface area contributed by atoms with E-state index in [1.54, 1.807) is 4.90 Å². The Hall–Kier alpha value is -2.04. The number of ether oxygens (including phenoxy) is 2. The van der Waals surface area contributed by atoms with Gasteiger partial charge in [0.05, 0.1) is 5.92 Å². The highest BCUT2D eigenvalue weighted by atomic mass is 16.6. The molecule has 1 aliphatic rings. The summed E-state index contributed by atoms with van der Waals surface area (Å²) in [5.74, 6) is -0.544. The van der Waals surface area contributed by atoms with Crippen LogP contribution in [0.15, 0.2) is 30.3 Å². The van der Waals surface area contributed by atoms with Gasteiger partial charge in [-0.3, -0.25) is 4.79 Å². The molecule has 1 saturated heterocycles. The Labute approximate surface area is 143 Å². The molecule has 5 nitrogen and oxygen atoms in total. The SMILES string of the molecule is C[C@H]1[C@H](C(=O)OC(C)(C)C)CCCN1C(=O)OCc1ccccc1. The van der Waals surface area contributed by atoms with Crippen molar-refractivity contribution in [2.24, 2.45) is 5.92 Å². The number of likely N-dealkylation sites (tertiary alicyclic amines) is 1. The third kappa shape index (κ3) is 4.98. The summed E-state index contributed by atoms with van der Waals surface area (Å²) < 4.78 is 10.9. The molecule has 1 aromatic carbocycles. The molecule has 0 unspecified atom stereocenters. The number of rotatable bonds is 3. The first-order valence-electron chi connectivity index (χ1n) is 8.48. The summed E-state index contributed by atoms with van der Waals surface area (Å²) in [6, 6.07) is 9.34. The zero-order valence-corrected chi connectivity index (χ0v) is 15.0. The molecule has 0 N–H and O–H groups in total. The Kier molecular flexibility index (Phi) is 5.86. The Balaban J connectivity index is 1.94. The van der Waals surface area contributed by atoms with Crippen LogP contribution in [0.5, 0.6) is 0 Å². The van der Waals surface area contributed by atoms with Crippen molar-refractivity contribution in [3.8, 4) is 0 Å². The number of amides is 1. The van der Waals surface area contributed by atoms with Gasteiger partial charge in [-0.25, -0.2) is 4.79 Å². The lowest BCUT2D eigenvalue weighted by molar-refractivity contribution is -0.163. The normalized spacial score (nSPS) is 21.2. The molecule has 24 heavy (non-hydrogen) atoms. The molecule has 132 valence electrons. The summed E-state index contributed by atoms with van der Waals surface area (Å²) >= 11 is 0. The smallest absolute Gasteiger partial charge is 0.410 e. The van der Waals surface area contributed by atoms with E-state index in [-0.39, 0.29) is 30.6 Å². The van der Waals surface area contributed by atoms with Crippen LogP contribution in [-0.2, 0) is 20.9 Å². The van der Waals surface area contributed by atoms with E-state index in [1.807, 2.05) is 58.0 Å². The molecule has 1 heterocycles. The van der Waals surface area contributed by atoms with Gasteiger partial charge >= 0.3 is 12.1 Å². The molecule has 1 aromatic rings. The Morgan fingerprint density at radius 3 is 2.50 bits per heavy atom. The van der Waals surface area contributed by atoms with Crippen LogP contribution in [0.25, 0.3) is 0 Å². The summed E-state index contributed by atoms with van der Waals surface area (Å²) in [5, 5.41) is 0. The summed E-state index contributed by atoms with van der Waals surface area (Å²) in [5.41, 5.74) is 0.423. The van der Waals surface area contributed by atoms with Crippen LogP contribution in [0.1, 0.15) is 46.1 Å². The van der Waals surface area contributed by atoms with Gasteiger partial charge in [0.25, 0.3) is 0 Å². The molecule has 5 heteroatoms. The average molecular weight is 333 g/mol. The highest BCUT2D eigenvalue weighted by Gasteiger charge is 2.38. The number of esters is 1. The van der Waals surface area contributed by atoms with Gasteiger partial charge in [-0.2, -0.15) is 0 Å². The highest BCUT2D eigenvalue weighted by molar-refractivity contribution is 5.76. The van der Waals surface area contributed by atoms with Crippen LogP contribution in [0.4, 0.5) is 4.79 Å². The van der Waals surface area contributed by atoms with Crippen LogP contribution in [-0.4, -0.2) is 35.2 Å². The van der Waals surface area contributed by atoms with Crippen molar-refractivity contribution in [3.05, 3.63) is 35.9 Å². The fourth-order valence-electron chi connectivity index (χ4n) is 2.90. The van der Waals surface area contributed by atoms with Gasteiger partial charge < -0.3 is 14.4 Å². The third-order valence-electron chi connectivity index (χ3n) is 4.14. The van der Waals surface area contributed by atoms with E-state index < -0.39 is 5.60 Å². The summed E-state index contributed by atoms with van der Waals surface area (Å²) in [6.07, 6.45) is 1.13. The van der Waals surface area contributed by atoms with Crippen LogP contribution in [0, 0.1) is 5.92 Å². The lowest BCUT2D eigenvalue weighted by Gasteiger charge is -2.38. The van der Waals surface area contributed by atoms with E-state index in [2.05, 4.69) is 0 Å². The van der Waals surface area contributed by atoms with Gasteiger partial charge in [-0.15, -0.1) is 0 Å². The van der Waals surface area contributed by atoms with Crippen LogP contribution in [0.3, 0.4) is 0 Å². The van der Waals surface area contributed by atoms with Gasteiger partial charge in [0.15, 0.2) is 0 Å². The van der Waals surface area contributed by atoms with Crippen molar-refractivity contribution < 1.29 is 19.1 Å². The minimum Gasteiger partial charge on any atom is -0.460 e. The maximum absolute atomic E-state index is 12.4. The van der Waals surface area contributed by atoms with E-state index in [1.165, 1.54) is 0 Å². The Morgan fingerprint density at radius 1 is 1.21 bits per heavy atom. The first-order chi connectivity index (χ1) is 11.3. The zero-order valence-electron chi connectivity index (χ0n) is 15.0. The number of hydrogen-bond donors (Lipinski definition) is 0. The monoisotopic (exact) mass is 333 g/mol. The van der Waals surface area contributed by atoms with Gasteiger partial charge in [0.2, 0.25) is 0 Å². The van der Waals surface area contributed by atoms with E-state index >= 15 is 0 Å². The number of nitrogens with zero attached hydrogens (tertiary/aromatic N) is 1. The minimum absolute atomic E-state index is 0.225. The summed E-state index contributed by atoms with van der Waals surface area (Å²) in [7, 11) is 0.